The van der Waals surface area contributed by atoms with Gasteiger partial charge in [-0.05, 0) is 65.9 Å². The monoisotopic (exact) mass is 431 g/mol. The van der Waals surface area contributed by atoms with Crippen LogP contribution < -0.4 is 4.31 Å². The van der Waals surface area contributed by atoms with Gasteiger partial charge in [-0.15, -0.1) is 0 Å². The largest absolute Gasteiger partial charge is 0.480 e. The number of hydrogen-bond donors (Lipinski definition) is 1. The summed E-state index contributed by atoms with van der Waals surface area (Å²) in [6, 6.07) is 13.0. The van der Waals surface area contributed by atoms with E-state index in [0.29, 0.717) is 5.69 Å². The molecule has 1 N–H and O–H groups in total. The Balaban J connectivity index is 2.50. The lowest BCUT2D eigenvalue weighted by atomic mass is 10.2. The van der Waals surface area contributed by atoms with Crippen molar-refractivity contribution in [1.82, 2.24) is 0 Å². The van der Waals surface area contributed by atoms with Gasteiger partial charge >= 0.3 is 5.97 Å². The summed E-state index contributed by atoms with van der Waals surface area (Å²) in [6.07, 6.45) is 0. The average Bonchev–Trinajstić information content (AvgIpc) is 2.46. The maximum atomic E-state index is 12.7. The molecule has 0 atom stereocenters. The van der Waals surface area contributed by atoms with Gasteiger partial charge in [0.25, 0.3) is 10.0 Å². The number of benzene rings is 2. The highest BCUT2D eigenvalue weighted by molar-refractivity contribution is 14.1. The van der Waals surface area contributed by atoms with Crippen molar-refractivity contribution in [2.75, 3.05) is 10.8 Å². The van der Waals surface area contributed by atoms with E-state index in [0.717, 1.165) is 13.4 Å². The van der Waals surface area contributed by atoms with Crippen LogP contribution in [-0.4, -0.2) is 26.0 Å². The maximum absolute atomic E-state index is 12.7. The zero-order valence-corrected chi connectivity index (χ0v) is 14.7. The third-order valence-electron chi connectivity index (χ3n) is 3.00. The lowest BCUT2D eigenvalue weighted by molar-refractivity contribution is -0.135. The van der Waals surface area contributed by atoms with Crippen molar-refractivity contribution in [3.8, 4) is 0 Å². The number of carboxylic acid groups (broad SMARTS) is 1. The topological polar surface area (TPSA) is 74.7 Å². The molecule has 0 heterocycles. The molecular weight excluding hydrogens is 417 g/mol. The minimum atomic E-state index is -3.93. The van der Waals surface area contributed by atoms with Gasteiger partial charge in [0.05, 0.1) is 10.6 Å². The summed E-state index contributed by atoms with van der Waals surface area (Å²) in [5.41, 5.74) is 1.25. The molecule has 2 rings (SSSR count). The zero-order chi connectivity index (χ0) is 16.3. The Morgan fingerprint density at radius 2 is 1.64 bits per heavy atom. The van der Waals surface area contributed by atoms with Crippen LogP contribution in [0.2, 0.25) is 0 Å². The van der Waals surface area contributed by atoms with E-state index in [9.17, 15) is 13.2 Å². The summed E-state index contributed by atoms with van der Waals surface area (Å²) < 4.78 is 27.3. The number of carbonyl (C=O) groups is 1. The van der Waals surface area contributed by atoms with E-state index in [1.165, 1.54) is 12.1 Å². The highest BCUT2D eigenvalue weighted by atomic mass is 127. The van der Waals surface area contributed by atoms with Crippen molar-refractivity contribution < 1.29 is 18.3 Å². The van der Waals surface area contributed by atoms with Gasteiger partial charge in [-0.2, -0.15) is 0 Å². The lowest BCUT2D eigenvalue weighted by Gasteiger charge is -2.22. The SMILES string of the molecule is Cc1ccc(S(=O)(=O)N(CC(=O)O)c2ccc(I)cc2)cc1. The summed E-state index contributed by atoms with van der Waals surface area (Å²) in [5.74, 6) is -1.21. The second-order valence-electron chi connectivity index (χ2n) is 4.69. The zero-order valence-electron chi connectivity index (χ0n) is 11.7. The van der Waals surface area contributed by atoms with Gasteiger partial charge in [-0.1, -0.05) is 17.7 Å². The fraction of sp³-hybridized carbons (Fsp3) is 0.133. The molecule has 22 heavy (non-hydrogen) atoms. The van der Waals surface area contributed by atoms with E-state index >= 15 is 0 Å². The van der Waals surface area contributed by atoms with Crippen LogP contribution >= 0.6 is 22.6 Å². The Morgan fingerprint density at radius 3 is 2.14 bits per heavy atom. The van der Waals surface area contributed by atoms with E-state index in [1.54, 1.807) is 36.4 Å². The van der Waals surface area contributed by atoms with Crippen LogP contribution in [0.1, 0.15) is 5.56 Å². The van der Waals surface area contributed by atoms with E-state index in [2.05, 4.69) is 22.6 Å². The van der Waals surface area contributed by atoms with Crippen molar-refractivity contribution in [3.63, 3.8) is 0 Å². The summed E-state index contributed by atoms with van der Waals surface area (Å²) >= 11 is 2.10. The van der Waals surface area contributed by atoms with Gasteiger partial charge in [0.15, 0.2) is 0 Å². The minimum absolute atomic E-state index is 0.0675. The molecular formula is C15H14INO4S. The highest BCUT2D eigenvalue weighted by Gasteiger charge is 2.26. The van der Waals surface area contributed by atoms with Gasteiger partial charge in [0.1, 0.15) is 6.54 Å². The molecule has 0 aliphatic carbocycles. The Bertz CT molecular complexity index is 770. The first kappa shape index (κ1) is 16.8. The number of aryl methyl sites for hydroxylation is 1. The van der Waals surface area contributed by atoms with Crippen molar-refractivity contribution in [1.29, 1.82) is 0 Å². The maximum Gasteiger partial charge on any atom is 0.324 e. The number of nitrogens with zero attached hydrogens (tertiary/aromatic N) is 1. The molecule has 0 aliphatic rings. The Hall–Kier alpha value is -1.61. The first-order valence-electron chi connectivity index (χ1n) is 6.37. The molecule has 5 nitrogen and oxygen atoms in total. The summed E-state index contributed by atoms with van der Waals surface area (Å²) in [5, 5.41) is 9.05. The fourth-order valence-electron chi connectivity index (χ4n) is 1.88. The first-order chi connectivity index (χ1) is 10.3. The van der Waals surface area contributed by atoms with Crippen molar-refractivity contribution in [3.05, 3.63) is 57.7 Å². The normalized spacial score (nSPS) is 11.2. The van der Waals surface area contributed by atoms with Crippen LogP contribution in [-0.2, 0) is 14.8 Å². The number of carboxylic acids is 1. The summed E-state index contributed by atoms with van der Waals surface area (Å²) in [7, 11) is -3.93. The van der Waals surface area contributed by atoms with Gasteiger partial charge in [0, 0.05) is 3.57 Å². The van der Waals surface area contributed by atoms with E-state index in [4.69, 9.17) is 5.11 Å². The van der Waals surface area contributed by atoms with Crippen molar-refractivity contribution in [2.45, 2.75) is 11.8 Å². The van der Waals surface area contributed by atoms with E-state index in [-0.39, 0.29) is 4.90 Å². The highest BCUT2D eigenvalue weighted by Crippen LogP contribution is 2.24. The van der Waals surface area contributed by atoms with Gasteiger partial charge < -0.3 is 5.11 Å². The lowest BCUT2D eigenvalue weighted by Crippen LogP contribution is -2.35. The molecule has 0 saturated heterocycles. The van der Waals surface area contributed by atoms with Crippen LogP contribution in [0.3, 0.4) is 0 Å². The third-order valence-corrected chi connectivity index (χ3v) is 5.51. The predicted molar refractivity (Wildman–Crippen MR) is 92.5 cm³/mol. The molecule has 0 radical (unpaired) electrons. The molecule has 0 spiro atoms. The van der Waals surface area contributed by atoms with Crippen molar-refractivity contribution >= 4 is 44.3 Å². The standard InChI is InChI=1S/C15H14INO4S/c1-11-2-8-14(9-3-11)22(20,21)17(10-15(18)19)13-6-4-12(16)5-7-13/h2-9H,10H2,1H3,(H,18,19). The molecule has 0 bridgehead atoms. The molecule has 0 unspecified atom stereocenters. The van der Waals surface area contributed by atoms with Crippen LogP contribution in [0.15, 0.2) is 53.4 Å². The molecule has 2 aromatic rings. The molecule has 0 aliphatic heterocycles. The number of anilines is 1. The second kappa shape index (κ2) is 6.66. The number of halogens is 1. The molecule has 7 heteroatoms. The second-order valence-corrected chi connectivity index (χ2v) is 7.80. The third kappa shape index (κ3) is 3.77. The molecule has 0 amide bonds. The average molecular weight is 431 g/mol. The Morgan fingerprint density at radius 1 is 1.09 bits per heavy atom. The fourth-order valence-corrected chi connectivity index (χ4v) is 3.66. The predicted octanol–water partition coefficient (Wildman–Crippen LogP) is 2.88. The van der Waals surface area contributed by atoms with E-state index < -0.39 is 22.5 Å². The molecule has 0 saturated carbocycles. The van der Waals surface area contributed by atoms with Gasteiger partial charge in [-0.25, -0.2) is 8.42 Å². The van der Waals surface area contributed by atoms with Crippen LogP contribution in [0.25, 0.3) is 0 Å². The molecule has 0 aromatic heterocycles. The number of aliphatic carboxylic acids is 1. The number of rotatable bonds is 5. The smallest absolute Gasteiger partial charge is 0.324 e. The van der Waals surface area contributed by atoms with Gasteiger partial charge in [-0.3, -0.25) is 9.10 Å². The van der Waals surface area contributed by atoms with Gasteiger partial charge in [0.2, 0.25) is 0 Å². The number of sulfonamides is 1. The minimum Gasteiger partial charge on any atom is -0.480 e. The molecule has 2 aromatic carbocycles. The summed E-state index contributed by atoms with van der Waals surface area (Å²) in [4.78, 5) is 11.1. The van der Waals surface area contributed by atoms with Crippen molar-refractivity contribution in [2.24, 2.45) is 0 Å². The summed E-state index contributed by atoms with van der Waals surface area (Å²) in [6.45, 7) is 1.22. The number of hydrogen-bond acceptors (Lipinski definition) is 3. The molecule has 116 valence electrons. The van der Waals surface area contributed by atoms with E-state index in [1.807, 2.05) is 6.92 Å². The Labute approximate surface area is 142 Å². The Kier molecular flexibility index (Phi) is 5.07. The quantitative estimate of drug-likeness (QED) is 0.739. The van der Waals surface area contributed by atoms with Crippen LogP contribution in [0, 0.1) is 10.5 Å². The van der Waals surface area contributed by atoms with Crippen LogP contribution in [0.4, 0.5) is 5.69 Å². The first-order valence-corrected chi connectivity index (χ1v) is 8.89. The van der Waals surface area contributed by atoms with Crippen LogP contribution in [0.5, 0.6) is 0 Å². The molecule has 0 fully saturated rings.